The predicted octanol–water partition coefficient (Wildman–Crippen LogP) is 3.89. The van der Waals surface area contributed by atoms with Gasteiger partial charge in [0.2, 0.25) is 6.79 Å². The Morgan fingerprint density at radius 2 is 1.59 bits per heavy atom. The molecule has 0 bridgehead atoms. The van der Waals surface area contributed by atoms with Crippen LogP contribution in [0, 0.1) is 0 Å². The number of hydrogen-bond acceptors (Lipinski definition) is 5. The lowest BCUT2D eigenvalue weighted by atomic mass is 10.0. The van der Waals surface area contributed by atoms with Crippen LogP contribution in [0.1, 0.15) is 11.1 Å². The Bertz CT molecular complexity index is 1010. The van der Waals surface area contributed by atoms with E-state index in [4.69, 9.17) is 14.2 Å². The minimum absolute atomic E-state index is 0.328. The molecule has 0 atom stereocenters. The van der Waals surface area contributed by atoms with Crippen molar-refractivity contribution in [3.05, 3.63) is 65.7 Å². The maximum absolute atomic E-state index is 5.67. The summed E-state index contributed by atoms with van der Waals surface area (Å²) in [6.45, 7) is 6.41. The first-order chi connectivity index (χ1) is 14.3. The third kappa shape index (κ3) is 3.76. The maximum Gasteiger partial charge on any atom is 0.231 e. The lowest BCUT2D eigenvalue weighted by Crippen LogP contribution is -2.45. The summed E-state index contributed by atoms with van der Waals surface area (Å²) in [5.74, 6) is 2.69. The maximum atomic E-state index is 5.67. The summed E-state index contributed by atoms with van der Waals surface area (Å²) in [6, 6.07) is 19.1. The Kier molecular flexibility index (Phi) is 5.00. The van der Waals surface area contributed by atoms with Gasteiger partial charge in [-0.25, -0.2) is 0 Å². The highest BCUT2D eigenvalue weighted by Gasteiger charge is 2.20. The van der Waals surface area contributed by atoms with Crippen molar-refractivity contribution in [1.29, 1.82) is 0 Å². The minimum Gasteiger partial charge on any atom is -0.496 e. The SMILES string of the molecule is COc1ccc2ccccc2c1CN1CCN(Cc2ccc3c(c2)OCO3)CC1. The van der Waals surface area contributed by atoms with Crippen molar-refractivity contribution in [2.75, 3.05) is 40.1 Å². The average molecular weight is 390 g/mol. The van der Waals surface area contributed by atoms with Crippen molar-refractivity contribution in [1.82, 2.24) is 9.80 Å². The molecule has 1 fully saturated rings. The fraction of sp³-hybridized carbons (Fsp3) is 0.333. The van der Waals surface area contributed by atoms with Crippen molar-refractivity contribution in [2.24, 2.45) is 0 Å². The summed E-state index contributed by atoms with van der Waals surface area (Å²) in [6.07, 6.45) is 0. The van der Waals surface area contributed by atoms with E-state index < -0.39 is 0 Å². The van der Waals surface area contributed by atoms with Crippen LogP contribution in [0.5, 0.6) is 17.2 Å². The highest BCUT2D eigenvalue weighted by atomic mass is 16.7. The molecule has 2 aliphatic heterocycles. The van der Waals surface area contributed by atoms with Crippen molar-refractivity contribution < 1.29 is 14.2 Å². The molecule has 3 aromatic rings. The lowest BCUT2D eigenvalue weighted by Gasteiger charge is -2.35. The molecule has 3 aromatic carbocycles. The molecule has 2 aliphatic rings. The van der Waals surface area contributed by atoms with E-state index in [1.54, 1.807) is 7.11 Å². The third-order valence-electron chi connectivity index (χ3n) is 5.91. The molecule has 1 saturated heterocycles. The van der Waals surface area contributed by atoms with Gasteiger partial charge in [0, 0.05) is 44.8 Å². The molecular formula is C24H26N2O3. The third-order valence-corrected chi connectivity index (χ3v) is 5.91. The van der Waals surface area contributed by atoms with E-state index in [0.717, 1.165) is 56.5 Å². The first kappa shape index (κ1) is 18.3. The van der Waals surface area contributed by atoms with Gasteiger partial charge in [-0.15, -0.1) is 0 Å². The lowest BCUT2D eigenvalue weighted by molar-refractivity contribution is 0.121. The Morgan fingerprint density at radius 3 is 2.41 bits per heavy atom. The van der Waals surface area contributed by atoms with Gasteiger partial charge in [0.15, 0.2) is 11.5 Å². The topological polar surface area (TPSA) is 34.2 Å². The number of fused-ring (bicyclic) bond motifs is 2. The zero-order valence-electron chi connectivity index (χ0n) is 16.8. The van der Waals surface area contributed by atoms with Gasteiger partial charge in [-0.1, -0.05) is 36.4 Å². The molecule has 0 saturated carbocycles. The monoisotopic (exact) mass is 390 g/mol. The van der Waals surface area contributed by atoms with Crippen LogP contribution in [0.4, 0.5) is 0 Å². The average Bonchev–Trinajstić information content (AvgIpc) is 3.23. The zero-order valence-corrected chi connectivity index (χ0v) is 16.8. The van der Waals surface area contributed by atoms with Crippen LogP contribution < -0.4 is 14.2 Å². The molecule has 0 N–H and O–H groups in total. The quantitative estimate of drug-likeness (QED) is 0.660. The van der Waals surface area contributed by atoms with E-state index in [2.05, 4.69) is 58.3 Å². The van der Waals surface area contributed by atoms with Crippen LogP contribution in [0.3, 0.4) is 0 Å². The predicted molar refractivity (Wildman–Crippen MR) is 114 cm³/mol. The van der Waals surface area contributed by atoms with Crippen LogP contribution in [0.15, 0.2) is 54.6 Å². The van der Waals surface area contributed by atoms with E-state index in [1.165, 1.54) is 21.9 Å². The fourth-order valence-corrected chi connectivity index (χ4v) is 4.30. The Morgan fingerprint density at radius 1 is 0.828 bits per heavy atom. The van der Waals surface area contributed by atoms with E-state index in [9.17, 15) is 0 Å². The molecule has 29 heavy (non-hydrogen) atoms. The second-order valence-electron chi connectivity index (χ2n) is 7.71. The molecule has 0 amide bonds. The summed E-state index contributed by atoms with van der Waals surface area (Å²) >= 11 is 0. The second kappa shape index (κ2) is 7.93. The van der Waals surface area contributed by atoms with Crippen LogP contribution in [-0.2, 0) is 13.1 Å². The molecule has 5 heteroatoms. The number of nitrogens with zero attached hydrogens (tertiary/aromatic N) is 2. The van der Waals surface area contributed by atoms with Gasteiger partial charge in [-0.05, 0) is 34.5 Å². The van der Waals surface area contributed by atoms with Gasteiger partial charge in [0.1, 0.15) is 5.75 Å². The van der Waals surface area contributed by atoms with E-state index in [1.807, 2.05) is 6.07 Å². The van der Waals surface area contributed by atoms with Crippen LogP contribution in [-0.4, -0.2) is 49.9 Å². The van der Waals surface area contributed by atoms with Gasteiger partial charge in [0.05, 0.1) is 7.11 Å². The highest BCUT2D eigenvalue weighted by molar-refractivity contribution is 5.87. The molecule has 0 unspecified atom stereocenters. The standard InChI is InChI=1S/C24H26N2O3/c1-27-22-9-7-19-4-2-3-5-20(19)21(22)16-26-12-10-25(11-13-26)15-18-6-8-23-24(14-18)29-17-28-23/h2-9,14H,10-13,15-17H2,1H3. The number of hydrogen-bond donors (Lipinski definition) is 0. The van der Waals surface area contributed by atoms with Crippen molar-refractivity contribution in [3.63, 3.8) is 0 Å². The Hall–Kier alpha value is -2.76. The normalized spacial score (nSPS) is 17.0. The van der Waals surface area contributed by atoms with Crippen LogP contribution in [0.25, 0.3) is 10.8 Å². The Labute approximate surface area is 171 Å². The highest BCUT2D eigenvalue weighted by Crippen LogP contribution is 2.33. The molecule has 5 rings (SSSR count). The van der Waals surface area contributed by atoms with Gasteiger partial charge in [0.25, 0.3) is 0 Å². The first-order valence-electron chi connectivity index (χ1n) is 10.2. The second-order valence-corrected chi connectivity index (χ2v) is 7.71. The zero-order chi connectivity index (χ0) is 19.6. The molecule has 0 aliphatic carbocycles. The number of benzene rings is 3. The summed E-state index contributed by atoms with van der Waals surface area (Å²) in [7, 11) is 1.76. The number of methoxy groups -OCH3 is 1. The van der Waals surface area contributed by atoms with E-state index in [0.29, 0.717) is 6.79 Å². The van der Waals surface area contributed by atoms with Crippen molar-refractivity contribution >= 4 is 10.8 Å². The van der Waals surface area contributed by atoms with E-state index >= 15 is 0 Å². The summed E-state index contributed by atoms with van der Waals surface area (Å²) in [4.78, 5) is 5.04. The summed E-state index contributed by atoms with van der Waals surface area (Å²) in [5, 5.41) is 2.55. The molecule has 0 radical (unpaired) electrons. The molecule has 2 heterocycles. The van der Waals surface area contributed by atoms with E-state index in [-0.39, 0.29) is 0 Å². The van der Waals surface area contributed by atoms with Crippen molar-refractivity contribution in [2.45, 2.75) is 13.1 Å². The molecule has 0 aromatic heterocycles. The number of ether oxygens (including phenoxy) is 3. The van der Waals surface area contributed by atoms with Crippen LogP contribution >= 0.6 is 0 Å². The smallest absolute Gasteiger partial charge is 0.231 e. The summed E-state index contributed by atoms with van der Waals surface area (Å²) < 4.78 is 16.6. The van der Waals surface area contributed by atoms with Gasteiger partial charge in [-0.2, -0.15) is 0 Å². The first-order valence-corrected chi connectivity index (χ1v) is 10.2. The van der Waals surface area contributed by atoms with Gasteiger partial charge in [-0.3, -0.25) is 9.80 Å². The van der Waals surface area contributed by atoms with Gasteiger partial charge < -0.3 is 14.2 Å². The molecule has 0 spiro atoms. The number of rotatable bonds is 5. The number of piperazine rings is 1. The summed E-state index contributed by atoms with van der Waals surface area (Å²) in [5.41, 5.74) is 2.56. The minimum atomic E-state index is 0.328. The van der Waals surface area contributed by atoms with Gasteiger partial charge >= 0.3 is 0 Å². The molecule has 150 valence electrons. The molecule has 5 nitrogen and oxygen atoms in total. The van der Waals surface area contributed by atoms with Crippen molar-refractivity contribution in [3.8, 4) is 17.2 Å². The van der Waals surface area contributed by atoms with Crippen LogP contribution in [0.2, 0.25) is 0 Å². The largest absolute Gasteiger partial charge is 0.496 e. The fourth-order valence-electron chi connectivity index (χ4n) is 4.30. The Balaban J connectivity index is 1.24. The molecular weight excluding hydrogens is 364 g/mol.